The van der Waals surface area contributed by atoms with Crippen molar-refractivity contribution in [3.8, 4) is 11.5 Å². The number of pyridine rings is 2. The molecule has 6 heterocycles. The lowest BCUT2D eigenvalue weighted by Crippen LogP contribution is -2.39. The molecule has 6 rings (SSSR count). The standard InChI is InChI=1S/C33H44N8O3/c1-19-14-20(2)17-39(16-19)26-15-21-27(23(36-26)18-44-31(43)34-8)28(32(3,4)5)40(30(21)42)24-11-9-10-22(35-24)29-38-37-25-12-13-33(6,7)41(25)29/h9-11,15,19-20,28H,12-14,16-18H2,1-8H3,(H,34,43). The van der Waals surface area contributed by atoms with Crippen molar-refractivity contribution >= 4 is 23.6 Å². The van der Waals surface area contributed by atoms with Crippen molar-refractivity contribution in [3.05, 3.63) is 46.9 Å². The van der Waals surface area contributed by atoms with Gasteiger partial charge in [0.25, 0.3) is 5.91 Å². The Kier molecular flexibility index (Phi) is 7.41. The highest BCUT2D eigenvalue weighted by Crippen LogP contribution is 2.49. The second-order valence-corrected chi connectivity index (χ2v) is 14.5. The summed E-state index contributed by atoms with van der Waals surface area (Å²) in [6.07, 6.45) is 2.47. The van der Waals surface area contributed by atoms with Crippen LogP contribution in [0.25, 0.3) is 11.5 Å². The van der Waals surface area contributed by atoms with Gasteiger partial charge in [-0.25, -0.2) is 14.8 Å². The topological polar surface area (TPSA) is 118 Å². The van der Waals surface area contributed by atoms with Gasteiger partial charge in [-0.1, -0.05) is 40.7 Å². The van der Waals surface area contributed by atoms with E-state index in [2.05, 4.69) is 73.4 Å². The first-order valence-corrected chi connectivity index (χ1v) is 15.7. The van der Waals surface area contributed by atoms with E-state index in [0.29, 0.717) is 40.4 Å². The quantitative estimate of drug-likeness (QED) is 0.408. The van der Waals surface area contributed by atoms with Crippen LogP contribution in [0.3, 0.4) is 0 Å². The van der Waals surface area contributed by atoms with Crippen LogP contribution in [-0.4, -0.2) is 56.9 Å². The van der Waals surface area contributed by atoms with Gasteiger partial charge >= 0.3 is 6.09 Å². The number of aryl methyl sites for hydroxylation is 1. The molecule has 3 aromatic heterocycles. The number of aromatic nitrogens is 5. The average molecular weight is 601 g/mol. The summed E-state index contributed by atoms with van der Waals surface area (Å²) in [5, 5.41) is 11.5. The van der Waals surface area contributed by atoms with Crippen LogP contribution >= 0.6 is 0 Å². The molecule has 0 radical (unpaired) electrons. The zero-order valence-corrected chi connectivity index (χ0v) is 27.1. The number of hydrogen-bond donors (Lipinski definition) is 1. The van der Waals surface area contributed by atoms with Crippen LogP contribution in [0.5, 0.6) is 0 Å². The van der Waals surface area contributed by atoms with E-state index in [4.69, 9.17) is 14.7 Å². The lowest BCUT2D eigenvalue weighted by atomic mass is 9.81. The summed E-state index contributed by atoms with van der Waals surface area (Å²) in [7, 11) is 1.53. The number of hydrogen-bond acceptors (Lipinski definition) is 8. The summed E-state index contributed by atoms with van der Waals surface area (Å²) in [6, 6.07) is 7.27. The van der Waals surface area contributed by atoms with Gasteiger partial charge in [0.15, 0.2) is 5.82 Å². The number of ether oxygens (including phenoxy) is 1. The second kappa shape index (κ2) is 10.9. The van der Waals surface area contributed by atoms with Crippen molar-refractivity contribution in [2.45, 2.75) is 85.9 Å². The molecule has 3 aliphatic heterocycles. The SMILES string of the molecule is CNC(=O)OCc1nc(N2CC(C)CC(C)C2)cc2c1C(C(C)(C)C)N(c1cccc(-c3nnc4n3C(C)(C)CC4)n1)C2=O. The number of carbonyl (C=O) groups is 2. The molecule has 0 spiro atoms. The highest BCUT2D eigenvalue weighted by Gasteiger charge is 2.47. The number of alkyl carbamates (subject to hydrolysis) is 1. The second-order valence-electron chi connectivity index (χ2n) is 14.5. The lowest BCUT2D eigenvalue weighted by Gasteiger charge is -2.37. The maximum Gasteiger partial charge on any atom is 0.407 e. The van der Waals surface area contributed by atoms with Gasteiger partial charge in [0.2, 0.25) is 0 Å². The van der Waals surface area contributed by atoms with Crippen molar-refractivity contribution in [3.63, 3.8) is 0 Å². The van der Waals surface area contributed by atoms with Crippen LogP contribution in [0.4, 0.5) is 16.4 Å². The van der Waals surface area contributed by atoms with Gasteiger partial charge in [0, 0.05) is 37.7 Å². The van der Waals surface area contributed by atoms with E-state index in [9.17, 15) is 9.59 Å². The molecule has 44 heavy (non-hydrogen) atoms. The Labute approximate surface area is 259 Å². The molecule has 0 saturated carbocycles. The number of nitrogens with one attached hydrogen (secondary N) is 1. The molecule has 3 aliphatic rings. The molecule has 0 aliphatic carbocycles. The molecule has 234 valence electrons. The smallest absolute Gasteiger partial charge is 0.407 e. The molecule has 11 heteroatoms. The number of amides is 2. The van der Waals surface area contributed by atoms with Crippen LogP contribution in [0, 0.1) is 17.3 Å². The monoisotopic (exact) mass is 600 g/mol. The number of fused-ring (bicyclic) bond motifs is 2. The summed E-state index contributed by atoms with van der Waals surface area (Å²) >= 11 is 0. The van der Waals surface area contributed by atoms with E-state index in [-0.39, 0.29) is 18.1 Å². The summed E-state index contributed by atoms with van der Waals surface area (Å²) in [5.41, 5.74) is 2.11. The fraction of sp³-hybridized carbons (Fsp3) is 0.576. The normalized spacial score (nSPS) is 22.6. The van der Waals surface area contributed by atoms with Crippen LogP contribution in [0.15, 0.2) is 24.3 Å². The average Bonchev–Trinajstić information content (AvgIpc) is 3.62. The molecule has 3 unspecified atom stereocenters. The molecule has 3 atom stereocenters. The van der Waals surface area contributed by atoms with Crippen LogP contribution in [0.1, 0.15) is 94.8 Å². The van der Waals surface area contributed by atoms with Crippen LogP contribution < -0.4 is 15.1 Å². The first-order valence-electron chi connectivity index (χ1n) is 15.7. The zero-order valence-electron chi connectivity index (χ0n) is 27.1. The molecule has 2 amide bonds. The molecule has 1 saturated heterocycles. The van der Waals surface area contributed by atoms with Gasteiger partial charge < -0.3 is 19.5 Å². The largest absolute Gasteiger partial charge is 0.443 e. The van der Waals surface area contributed by atoms with Crippen LogP contribution in [-0.2, 0) is 23.3 Å². The van der Waals surface area contributed by atoms with E-state index in [1.807, 2.05) is 24.3 Å². The van der Waals surface area contributed by atoms with Crippen molar-refractivity contribution in [2.24, 2.45) is 17.3 Å². The van der Waals surface area contributed by atoms with Gasteiger partial charge in [0.1, 0.15) is 29.8 Å². The van der Waals surface area contributed by atoms with Crippen molar-refractivity contribution in [2.75, 3.05) is 29.9 Å². The number of carbonyl (C=O) groups excluding carboxylic acids is 2. The molecule has 1 fully saturated rings. The van der Waals surface area contributed by atoms with Gasteiger partial charge in [0.05, 0.1) is 17.3 Å². The van der Waals surface area contributed by atoms with E-state index < -0.39 is 17.6 Å². The summed E-state index contributed by atoms with van der Waals surface area (Å²) < 4.78 is 7.73. The molecule has 11 nitrogen and oxygen atoms in total. The Bertz CT molecular complexity index is 1600. The first kappa shape index (κ1) is 30.0. The van der Waals surface area contributed by atoms with Gasteiger partial charge in [-0.15, -0.1) is 10.2 Å². The Hall–Kier alpha value is -4.02. The number of piperidine rings is 1. The van der Waals surface area contributed by atoms with Gasteiger partial charge in [-0.3, -0.25) is 9.69 Å². The lowest BCUT2D eigenvalue weighted by molar-refractivity contribution is 0.0976. The molecule has 0 aromatic carbocycles. The Balaban J connectivity index is 1.47. The zero-order chi connectivity index (χ0) is 31.6. The van der Waals surface area contributed by atoms with Gasteiger partial charge in [-0.2, -0.15) is 0 Å². The fourth-order valence-electron chi connectivity index (χ4n) is 7.33. The van der Waals surface area contributed by atoms with Crippen molar-refractivity contribution in [1.82, 2.24) is 30.0 Å². The summed E-state index contributed by atoms with van der Waals surface area (Å²) in [6.45, 7) is 16.9. The third-order valence-electron chi connectivity index (χ3n) is 9.17. The fourth-order valence-corrected chi connectivity index (χ4v) is 7.33. The number of nitrogens with zero attached hydrogens (tertiary/aromatic N) is 7. The maximum absolute atomic E-state index is 14.5. The minimum absolute atomic E-state index is 0.0447. The van der Waals surface area contributed by atoms with E-state index in [1.54, 1.807) is 4.90 Å². The molecular formula is C33H44N8O3. The molecule has 1 N–H and O–H groups in total. The molecule has 0 bridgehead atoms. The molecular weight excluding hydrogens is 556 g/mol. The summed E-state index contributed by atoms with van der Waals surface area (Å²) in [5.74, 6) is 3.81. The maximum atomic E-state index is 14.5. The number of rotatable bonds is 5. The van der Waals surface area contributed by atoms with Gasteiger partial charge in [-0.05, 0) is 62.1 Å². The Morgan fingerprint density at radius 3 is 2.50 bits per heavy atom. The van der Waals surface area contributed by atoms with E-state index >= 15 is 0 Å². The predicted octanol–water partition coefficient (Wildman–Crippen LogP) is 5.50. The van der Waals surface area contributed by atoms with Crippen LogP contribution in [0.2, 0.25) is 0 Å². The Morgan fingerprint density at radius 2 is 1.82 bits per heavy atom. The van der Waals surface area contributed by atoms with E-state index in [0.717, 1.165) is 49.6 Å². The van der Waals surface area contributed by atoms with Crippen molar-refractivity contribution in [1.29, 1.82) is 0 Å². The third kappa shape index (κ3) is 5.20. The predicted molar refractivity (Wildman–Crippen MR) is 169 cm³/mol. The Morgan fingerprint density at radius 1 is 1.09 bits per heavy atom. The first-order chi connectivity index (χ1) is 20.8. The highest BCUT2D eigenvalue weighted by molar-refractivity contribution is 6.11. The molecule has 3 aromatic rings. The minimum atomic E-state index is -0.544. The van der Waals surface area contributed by atoms with Crippen molar-refractivity contribution < 1.29 is 14.3 Å². The van der Waals surface area contributed by atoms with E-state index in [1.165, 1.54) is 7.05 Å². The minimum Gasteiger partial charge on any atom is -0.443 e. The number of anilines is 2. The highest BCUT2D eigenvalue weighted by atomic mass is 16.5. The third-order valence-corrected chi connectivity index (χ3v) is 9.17. The summed E-state index contributed by atoms with van der Waals surface area (Å²) in [4.78, 5) is 40.9.